The Morgan fingerprint density at radius 1 is 1.21 bits per heavy atom. The fourth-order valence-electron chi connectivity index (χ4n) is 2.88. The Bertz CT molecular complexity index is 980. The van der Waals surface area contributed by atoms with Gasteiger partial charge in [0, 0.05) is 23.1 Å². The topological polar surface area (TPSA) is 51.0 Å². The summed E-state index contributed by atoms with van der Waals surface area (Å²) in [5.74, 6) is 0.637. The number of aryl methyl sites for hydroxylation is 1. The van der Waals surface area contributed by atoms with Gasteiger partial charge in [0.2, 0.25) is 5.91 Å². The molecule has 152 valence electrons. The van der Waals surface area contributed by atoms with Gasteiger partial charge in [-0.1, -0.05) is 58.0 Å². The number of nitrogens with zero attached hydrogens (tertiary/aromatic N) is 4. The molecular formula is C21H22BrFN4OS. The van der Waals surface area contributed by atoms with E-state index < -0.39 is 0 Å². The molecule has 0 unspecified atom stereocenters. The first-order chi connectivity index (χ1) is 14.0. The molecule has 0 spiro atoms. The van der Waals surface area contributed by atoms with Gasteiger partial charge < -0.3 is 9.47 Å². The quantitative estimate of drug-likeness (QED) is 0.443. The molecule has 0 N–H and O–H groups in total. The van der Waals surface area contributed by atoms with E-state index in [1.165, 1.54) is 17.8 Å². The summed E-state index contributed by atoms with van der Waals surface area (Å²) in [6, 6.07) is 14.8. The lowest BCUT2D eigenvalue weighted by Crippen LogP contribution is -2.32. The second-order valence-electron chi connectivity index (χ2n) is 6.53. The van der Waals surface area contributed by atoms with Gasteiger partial charge in [-0.3, -0.25) is 4.79 Å². The van der Waals surface area contributed by atoms with Crippen LogP contribution >= 0.6 is 27.7 Å². The second-order valence-corrected chi connectivity index (χ2v) is 8.39. The summed E-state index contributed by atoms with van der Waals surface area (Å²) >= 11 is 4.70. The number of amides is 1. The van der Waals surface area contributed by atoms with Crippen LogP contribution in [0.2, 0.25) is 0 Å². The largest absolute Gasteiger partial charge is 0.338 e. The summed E-state index contributed by atoms with van der Waals surface area (Å²) in [5, 5.41) is 9.07. The average Bonchev–Trinajstić information content (AvgIpc) is 3.07. The van der Waals surface area contributed by atoms with Gasteiger partial charge in [-0.05, 0) is 37.6 Å². The van der Waals surface area contributed by atoms with Gasteiger partial charge in [0.1, 0.15) is 11.6 Å². The van der Waals surface area contributed by atoms with Crippen molar-refractivity contribution < 1.29 is 9.18 Å². The summed E-state index contributed by atoms with van der Waals surface area (Å²) in [5.41, 5.74) is 1.63. The van der Waals surface area contributed by atoms with E-state index in [1.807, 2.05) is 48.7 Å². The molecule has 3 rings (SSSR count). The molecule has 0 aliphatic heterocycles. The minimum absolute atomic E-state index is 0.0659. The zero-order valence-corrected chi connectivity index (χ0v) is 18.7. The number of benzene rings is 2. The van der Waals surface area contributed by atoms with Crippen molar-refractivity contribution in [2.75, 3.05) is 12.3 Å². The number of halogens is 2. The first kappa shape index (κ1) is 21.5. The number of hydrogen-bond donors (Lipinski definition) is 0. The van der Waals surface area contributed by atoms with Gasteiger partial charge in [0.05, 0.1) is 12.3 Å². The van der Waals surface area contributed by atoms with E-state index >= 15 is 0 Å². The summed E-state index contributed by atoms with van der Waals surface area (Å²) in [6.07, 6.45) is 0. The lowest BCUT2D eigenvalue weighted by Gasteiger charge is -2.21. The molecule has 0 atom stereocenters. The minimum Gasteiger partial charge on any atom is -0.338 e. The maximum Gasteiger partial charge on any atom is 0.233 e. The van der Waals surface area contributed by atoms with E-state index in [-0.39, 0.29) is 24.0 Å². The van der Waals surface area contributed by atoms with Crippen molar-refractivity contribution in [2.24, 2.45) is 0 Å². The second kappa shape index (κ2) is 10.0. The van der Waals surface area contributed by atoms with Gasteiger partial charge in [-0.25, -0.2) is 4.39 Å². The van der Waals surface area contributed by atoms with Gasteiger partial charge >= 0.3 is 0 Å². The standard InChI is InChI=1S/C21H22BrFN4OS/c1-3-26(13-17-11-18(22)9-10-19(17)23)20(28)14-29-21-25-24-15(2)27(21)12-16-7-5-4-6-8-16/h4-11H,3,12-14H2,1-2H3. The summed E-state index contributed by atoms with van der Waals surface area (Å²) in [7, 11) is 0. The fraction of sp³-hybridized carbons (Fsp3) is 0.286. The molecule has 0 fully saturated rings. The summed E-state index contributed by atoms with van der Waals surface area (Å²) < 4.78 is 16.8. The van der Waals surface area contributed by atoms with Crippen LogP contribution in [0.3, 0.4) is 0 Å². The van der Waals surface area contributed by atoms with E-state index in [1.54, 1.807) is 17.0 Å². The maximum absolute atomic E-state index is 14.1. The first-order valence-corrected chi connectivity index (χ1v) is 11.0. The zero-order valence-electron chi connectivity index (χ0n) is 16.3. The Hall–Kier alpha value is -2.19. The molecule has 0 aliphatic rings. The molecular weight excluding hydrogens is 455 g/mol. The third-order valence-corrected chi connectivity index (χ3v) is 5.96. The van der Waals surface area contributed by atoms with Crippen molar-refractivity contribution in [3.63, 3.8) is 0 Å². The molecule has 0 bridgehead atoms. The van der Waals surface area contributed by atoms with Crippen molar-refractivity contribution in [3.05, 3.63) is 75.8 Å². The van der Waals surface area contributed by atoms with Crippen LogP contribution in [0.15, 0.2) is 58.2 Å². The van der Waals surface area contributed by atoms with Gasteiger partial charge in [0.15, 0.2) is 5.16 Å². The number of thioether (sulfide) groups is 1. The fourth-order valence-corrected chi connectivity index (χ4v) is 4.18. The van der Waals surface area contributed by atoms with Crippen LogP contribution in [0.5, 0.6) is 0 Å². The van der Waals surface area contributed by atoms with Crippen LogP contribution in [0.25, 0.3) is 0 Å². The highest BCUT2D eigenvalue weighted by Gasteiger charge is 2.17. The number of aromatic nitrogens is 3. The molecule has 0 aliphatic carbocycles. The van der Waals surface area contributed by atoms with Crippen LogP contribution in [-0.2, 0) is 17.9 Å². The Kier molecular flexibility index (Phi) is 7.44. The highest BCUT2D eigenvalue weighted by atomic mass is 79.9. The molecule has 2 aromatic carbocycles. The number of hydrogen-bond acceptors (Lipinski definition) is 4. The minimum atomic E-state index is -0.315. The average molecular weight is 477 g/mol. The molecule has 0 saturated heterocycles. The Morgan fingerprint density at radius 3 is 2.69 bits per heavy atom. The van der Waals surface area contributed by atoms with Crippen molar-refractivity contribution in [1.29, 1.82) is 0 Å². The van der Waals surface area contributed by atoms with Gasteiger partial charge in [0.25, 0.3) is 0 Å². The smallest absolute Gasteiger partial charge is 0.233 e. The van der Waals surface area contributed by atoms with Crippen molar-refractivity contribution in [1.82, 2.24) is 19.7 Å². The first-order valence-electron chi connectivity index (χ1n) is 9.26. The molecule has 3 aromatic rings. The van der Waals surface area contributed by atoms with Crippen LogP contribution < -0.4 is 0 Å². The van der Waals surface area contributed by atoms with Crippen LogP contribution in [0, 0.1) is 12.7 Å². The van der Waals surface area contributed by atoms with Gasteiger partial charge in [-0.2, -0.15) is 0 Å². The summed E-state index contributed by atoms with van der Waals surface area (Å²) in [4.78, 5) is 14.4. The Balaban J connectivity index is 1.66. The molecule has 8 heteroatoms. The normalized spacial score (nSPS) is 10.9. The lowest BCUT2D eigenvalue weighted by atomic mass is 10.2. The molecule has 29 heavy (non-hydrogen) atoms. The predicted octanol–water partition coefficient (Wildman–Crippen LogP) is 4.68. The van der Waals surface area contributed by atoms with Crippen LogP contribution in [-0.4, -0.2) is 37.9 Å². The van der Waals surface area contributed by atoms with Crippen molar-refractivity contribution in [2.45, 2.75) is 32.1 Å². The highest BCUT2D eigenvalue weighted by molar-refractivity contribution is 9.10. The van der Waals surface area contributed by atoms with E-state index in [0.717, 1.165) is 15.9 Å². The van der Waals surface area contributed by atoms with Crippen LogP contribution in [0.1, 0.15) is 23.9 Å². The SMILES string of the molecule is CCN(Cc1cc(Br)ccc1F)C(=O)CSc1nnc(C)n1Cc1ccccc1. The molecule has 5 nitrogen and oxygen atoms in total. The van der Waals surface area contributed by atoms with Crippen molar-refractivity contribution in [3.8, 4) is 0 Å². The highest BCUT2D eigenvalue weighted by Crippen LogP contribution is 2.21. The van der Waals surface area contributed by atoms with Crippen LogP contribution in [0.4, 0.5) is 4.39 Å². The monoisotopic (exact) mass is 476 g/mol. The molecule has 1 aromatic heterocycles. The number of carbonyl (C=O) groups is 1. The third-order valence-electron chi connectivity index (χ3n) is 4.51. The lowest BCUT2D eigenvalue weighted by molar-refractivity contribution is -0.128. The van der Waals surface area contributed by atoms with Gasteiger partial charge in [-0.15, -0.1) is 10.2 Å². The Labute approximate surface area is 182 Å². The number of rotatable bonds is 8. The maximum atomic E-state index is 14.1. The van der Waals surface area contributed by atoms with E-state index in [9.17, 15) is 9.18 Å². The molecule has 1 amide bonds. The zero-order chi connectivity index (χ0) is 20.8. The number of carbonyl (C=O) groups excluding carboxylic acids is 1. The molecule has 0 saturated carbocycles. The van der Waals surface area contributed by atoms with Crippen molar-refractivity contribution >= 4 is 33.6 Å². The molecule has 0 radical (unpaired) electrons. The van der Waals surface area contributed by atoms with E-state index in [2.05, 4.69) is 26.1 Å². The molecule has 1 heterocycles. The van der Waals surface area contributed by atoms with E-state index in [0.29, 0.717) is 23.8 Å². The Morgan fingerprint density at radius 2 is 1.97 bits per heavy atom. The van der Waals surface area contributed by atoms with E-state index in [4.69, 9.17) is 0 Å². The summed E-state index contributed by atoms with van der Waals surface area (Å²) in [6.45, 7) is 5.17. The third kappa shape index (κ3) is 5.67. The predicted molar refractivity (Wildman–Crippen MR) is 116 cm³/mol.